The molecule has 126 valence electrons. The van der Waals surface area contributed by atoms with Crippen LogP contribution in [0.2, 0.25) is 0 Å². The molecule has 0 aliphatic carbocycles. The first-order chi connectivity index (χ1) is 11.6. The molecule has 0 saturated carbocycles. The highest BCUT2D eigenvalue weighted by atomic mass is 15.2. The fraction of sp³-hybridized carbons (Fsp3) is 0.389. The molecule has 2 heterocycles. The molecule has 24 heavy (non-hydrogen) atoms. The lowest BCUT2D eigenvalue weighted by molar-refractivity contribution is 0.589. The van der Waals surface area contributed by atoms with Gasteiger partial charge in [0.2, 0.25) is 5.62 Å². The Labute approximate surface area is 141 Å². The largest absolute Gasteiger partial charge is 0.384 e. The maximum absolute atomic E-state index is 8.30. The van der Waals surface area contributed by atoms with E-state index < -0.39 is 0 Å². The van der Waals surface area contributed by atoms with E-state index in [9.17, 15) is 0 Å². The first kappa shape index (κ1) is 16.2. The summed E-state index contributed by atoms with van der Waals surface area (Å²) in [5, 5.41) is 15.7. The van der Waals surface area contributed by atoms with Crippen LogP contribution in [-0.2, 0) is 19.5 Å². The lowest BCUT2D eigenvalue weighted by Gasteiger charge is -2.06. The number of nitrogens with two attached hydrogens (primary N) is 1. The predicted molar refractivity (Wildman–Crippen MR) is 95.6 cm³/mol. The minimum absolute atomic E-state index is 0.0910. The van der Waals surface area contributed by atoms with E-state index in [1.165, 1.54) is 17.7 Å². The van der Waals surface area contributed by atoms with E-state index in [0.717, 1.165) is 44.5 Å². The zero-order valence-corrected chi connectivity index (χ0v) is 13.8. The third-order valence-corrected chi connectivity index (χ3v) is 4.48. The van der Waals surface area contributed by atoms with Crippen LogP contribution < -0.4 is 11.4 Å². The summed E-state index contributed by atoms with van der Waals surface area (Å²) in [7, 11) is 0. The number of imidazole rings is 1. The van der Waals surface area contributed by atoms with Gasteiger partial charge in [-0.25, -0.2) is 0 Å². The van der Waals surface area contributed by atoms with Crippen molar-refractivity contribution in [3.8, 4) is 0 Å². The number of nitrogens with zero attached hydrogens (tertiary/aromatic N) is 3. The smallest absolute Gasteiger partial charge is 0.202 e. The fourth-order valence-electron chi connectivity index (χ4n) is 2.98. The number of amidine groups is 1. The standard InChI is InChI=1S/C18H24N6/c19-17(20)15-5-3-14(4-6-15)7-10-23-12-13-24(18(23)21)11-8-16-2-1-9-22-16/h3-6,12-13,21H,1-2,7-11H2,(H3,19,20). The van der Waals surface area contributed by atoms with Crippen LogP contribution in [0.25, 0.3) is 0 Å². The van der Waals surface area contributed by atoms with Gasteiger partial charge < -0.3 is 14.9 Å². The topological polar surface area (TPSA) is 95.9 Å². The van der Waals surface area contributed by atoms with E-state index in [1.54, 1.807) is 0 Å². The summed E-state index contributed by atoms with van der Waals surface area (Å²) in [6.45, 7) is 2.57. The monoisotopic (exact) mass is 324 g/mol. The third kappa shape index (κ3) is 3.82. The molecule has 0 saturated heterocycles. The molecule has 0 atom stereocenters. The number of nitrogen functional groups attached to an aromatic ring is 1. The Kier molecular flexibility index (Phi) is 4.93. The third-order valence-electron chi connectivity index (χ3n) is 4.48. The number of nitrogens with one attached hydrogen (secondary N) is 2. The van der Waals surface area contributed by atoms with E-state index in [0.29, 0.717) is 5.62 Å². The normalized spacial score (nSPS) is 13.9. The van der Waals surface area contributed by atoms with E-state index in [-0.39, 0.29) is 5.84 Å². The average molecular weight is 324 g/mol. The molecule has 2 aromatic rings. The quantitative estimate of drug-likeness (QED) is 0.526. The molecule has 1 aliphatic heterocycles. The molecule has 0 spiro atoms. The number of aliphatic imine (C=N–C) groups is 1. The van der Waals surface area contributed by atoms with Crippen LogP contribution in [0.1, 0.15) is 30.4 Å². The van der Waals surface area contributed by atoms with Crippen molar-refractivity contribution >= 4 is 11.5 Å². The van der Waals surface area contributed by atoms with Gasteiger partial charge in [0.25, 0.3) is 0 Å². The second-order valence-corrected chi connectivity index (χ2v) is 6.17. The highest BCUT2D eigenvalue weighted by Gasteiger charge is 2.07. The van der Waals surface area contributed by atoms with Gasteiger partial charge in [-0.05, 0) is 24.8 Å². The Balaban J connectivity index is 1.57. The van der Waals surface area contributed by atoms with E-state index in [1.807, 2.05) is 45.8 Å². The summed E-state index contributed by atoms with van der Waals surface area (Å²) in [4.78, 5) is 4.49. The molecule has 3 rings (SSSR count). The van der Waals surface area contributed by atoms with Gasteiger partial charge in [-0.1, -0.05) is 24.3 Å². The van der Waals surface area contributed by atoms with Crippen molar-refractivity contribution in [3.63, 3.8) is 0 Å². The van der Waals surface area contributed by atoms with Crippen LogP contribution in [0.4, 0.5) is 0 Å². The van der Waals surface area contributed by atoms with Gasteiger partial charge in [0.15, 0.2) is 0 Å². The van der Waals surface area contributed by atoms with Crippen molar-refractivity contribution < 1.29 is 0 Å². The van der Waals surface area contributed by atoms with Crippen molar-refractivity contribution in [2.24, 2.45) is 10.7 Å². The number of rotatable bonds is 7. The van der Waals surface area contributed by atoms with E-state index in [2.05, 4.69) is 4.99 Å². The lowest BCUT2D eigenvalue weighted by Crippen LogP contribution is -2.25. The maximum atomic E-state index is 8.30. The second-order valence-electron chi connectivity index (χ2n) is 6.17. The van der Waals surface area contributed by atoms with Crippen LogP contribution in [0, 0.1) is 10.8 Å². The minimum atomic E-state index is 0.0910. The Hall–Kier alpha value is -2.63. The molecule has 1 aliphatic rings. The molecular formula is C18H24N6. The zero-order chi connectivity index (χ0) is 16.9. The summed E-state index contributed by atoms with van der Waals surface area (Å²) < 4.78 is 3.95. The van der Waals surface area contributed by atoms with Gasteiger partial charge in [-0.15, -0.1) is 0 Å². The van der Waals surface area contributed by atoms with Crippen molar-refractivity contribution in [1.29, 1.82) is 10.8 Å². The fourth-order valence-corrected chi connectivity index (χ4v) is 2.98. The number of aryl methyl sites for hydroxylation is 3. The Bertz CT molecular complexity index is 794. The molecule has 4 N–H and O–H groups in total. The number of hydrogen-bond donors (Lipinski definition) is 3. The Morgan fingerprint density at radius 2 is 1.75 bits per heavy atom. The molecule has 0 amide bonds. The highest BCUT2D eigenvalue weighted by molar-refractivity contribution is 5.94. The van der Waals surface area contributed by atoms with Gasteiger partial charge in [0, 0.05) is 49.7 Å². The van der Waals surface area contributed by atoms with Crippen LogP contribution in [0.3, 0.4) is 0 Å². The SMILES string of the molecule is N=C(N)c1ccc(CCn2ccn(CCC3=NCCC3)c2=N)cc1. The van der Waals surface area contributed by atoms with Gasteiger partial charge in [0.05, 0.1) is 0 Å². The Morgan fingerprint density at radius 3 is 2.33 bits per heavy atom. The van der Waals surface area contributed by atoms with E-state index >= 15 is 0 Å². The summed E-state index contributed by atoms with van der Waals surface area (Å²) in [5.41, 5.74) is 9.22. The molecule has 0 radical (unpaired) electrons. The van der Waals surface area contributed by atoms with Gasteiger partial charge in [0.1, 0.15) is 5.84 Å². The van der Waals surface area contributed by atoms with E-state index in [4.69, 9.17) is 16.6 Å². The number of benzene rings is 1. The van der Waals surface area contributed by atoms with Crippen LogP contribution in [-0.4, -0.2) is 27.2 Å². The Morgan fingerprint density at radius 1 is 1.08 bits per heavy atom. The summed E-state index contributed by atoms with van der Waals surface area (Å²) in [6, 6.07) is 7.74. The minimum Gasteiger partial charge on any atom is -0.384 e. The van der Waals surface area contributed by atoms with Crippen molar-refractivity contribution in [2.45, 2.75) is 38.8 Å². The molecular weight excluding hydrogens is 300 g/mol. The molecule has 1 aromatic carbocycles. The highest BCUT2D eigenvalue weighted by Crippen LogP contribution is 2.08. The molecule has 0 bridgehead atoms. The molecule has 0 fully saturated rings. The van der Waals surface area contributed by atoms with Crippen LogP contribution >= 0.6 is 0 Å². The summed E-state index contributed by atoms with van der Waals surface area (Å²) in [6.07, 6.45) is 8.06. The van der Waals surface area contributed by atoms with Crippen molar-refractivity contribution in [1.82, 2.24) is 9.13 Å². The van der Waals surface area contributed by atoms with Crippen molar-refractivity contribution in [2.75, 3.05) is 6.54 Å². The first-order valence-electron chi connectivity index (χ1n) is 8.39. The summed E-state index contributed by atoms with van der Waals surface area (Å²) in [5.74, 6) is 0.0910. The predicted octanol–water partition coefficient (Wildman–Crippen LogP) is 1.92. The maximum Gasteiger partial charge on any atom is 0.202 e. The lowest BCUT2D eigenvalue weighted by atomic mass is 10.1. The average Bonchev–Trinajstić information content (AvgIpc) is 3.21. The van der Waals surface area contributed by atoms with Crippen LogP contribution in [0.15, 0.2) is 41.7 Å². The molecule has 0 unspecified atom stereocenters. The number of aromatic nitrogens is 2. The molecule has 1 aromatic heterocycles. The first-order valence-corrected chi connectivity index (χ1v) is 8.39. The number of hydrogen-bond acceptors (Lipinski definition) is 3. The summed E-state index contributed by atoms with van der Waals surface area (Å²) >= 11 is 0. The molecule has 6 nitrogen and oxygen atoms in total. The second kappa shape index (κ2) is 7.29. The molecule has 6 heteroatoms. The van der Waals surface area contributed by atoms with Gasteiger partial charge in [-0.3, -0.25) is 15.8 Å². The van der Waals surface area contributed by atoms with Crippen molar-refractivity contribution in [3.05, 3.63) is 53.4 Å². The zero-order valence-electron chi connectivity index (χ0n) is 13.8. The van der Waals surface area contributed by atoms with Gasteiger partial charge >= 0.3 is 0 Å². The van der Waals surface area contributed by atoms with Crippen LogP contribution in [0.5, 0.6) is 0 Å². The van der Waals surface area contributed by atoms with Gasteiger partial charge in [-0.2, -0.15) is 0 Å².